The van der Waals surface area contributed by atoms with Gasteiger partial charge in [-0.2, -0.15) is 0 Å². The largest absolute Gasteiger partial charge is 0.361 e. The summed E-state index contributed by atoms with van der Waals surface area (Å²) in [6, 6.07) is 3.58. The Morgan fingerprint density at radius 3 is 3.17 bits per heavy atom. The maximum atomic E-state index is 12.2. The molecule has 5 nitrogen and oxygen atoms in total. The summed E-state index contributed by atoms with van der Waals surface area (Å²) in [5.41, 5.74) is 0.583. The maximum Gasteiger partial charge on any atom is 0.263 e. The Balaban J connectivity index is 2.17. The minimum absolute atomic E-state index is 0.101. The summed E-state index contributed by atoms with van der Waals surface area (Å²) in [5, 5.41) is 6.38. The van der Waals surface area contributed by atoms with Gasteiger partial charge in [-0.05, 0) is 30.6 Å². The topological polar surface area (TPSA) is 63.8 Å². The van der Waals surface area contributed by atoms with Crippen LogP contribution in [0.2, 0.25) is 0 Å². The molecular formula is C11H9N3O2S2. The third-order valence-electron chi connectivity index (χ3n) is 2.60. The third-order valence-corrected chi connectivity index (χ3v) is 3.76. The van der Waals surface area contributed by atoms with Crippen LogP contribution >= 0.6 is 23.6 Å². The van der Waals surface area contributed by atoms with Gasteiger partial charge in [-0.1, -0.05) is 5.16 Å². The second-order valence-corrected chi connectivity index (χ2v) is 5.22. The Bertz CT molecular complexity index is 825. The zero-order valence-corrected chi connectivity index (χ0v) is 11.1. The van der Waals surface area contributed by atoms with Gasteiger partial charge in [0.25, 0.3) is 5.56 Å². The van der Waals surface area contributed by atoms with Gasteiger partial charge in [0.15, 0.2) is 4.77 Å². The van der Waals surface area contributed by atoms with Crippen LogP contribution in [0.25, 0.3) is 10.2 Å². The highest BCUT2D eigenvalue weighted by Gasteiger charge is 2.09. The lowest BCUT2D eigenvalue weighted by Crippen LogP contribution is -2.22. The van der Waals surface area contributed by atoms with Crippen LogP contribution in [0, 0.1) is 11.7 Å². The number of nitrogens with zero attached hydrogens (tertiary/aromatic N) is 2. The Labute approximate surface area is 111 Å². The molecule has 0 spiro atoms. The van der Waals surface area contributed by atoms with Gasteiger partial charge in [-0.25, -0.2) is 0 Å². The molecule has 0 amide bonds. The van der Waals surface area contributed by atoms with Crippen molar-refractivity contribution in [3.8, 4) is 0 Å². The van der Waals surface area contributed by atoms with Crippen molar-refractivity contribution in [3.05, 3.63) is 44.1 Å². The second kappa shape index (κ2) is 4.18. The van der Waals surface area contributed by atoms with Crippen molar-refractivity contribution in [2.45, 2.75) is 13.5 Å². The quantitative estimate of drug-likeness (QED) is 0.732. The highest BCUT2D eigenvalue weighted by Crippen LogP contribution is 2.14. The van der Waals surface area contributed by atoms with Gasteiger partial charge in [-0.15, -0.1) is 11.3 Å². The zero-order valence-electron chi connectivity index (χ0n) is 9.47. The second-order valence-electron chi connectivity index (χ2n) is 3.91. The molecule has 0 radical (unpaired) electrons. The average molecular weight is 279 g/mol. The van der Waals surface area contributed by atoms with Crippen LogP contribution in [0.5, 0.6) is 0 Å². The van der Waals surface area contributed by atoms with Crippen LogP contribution in [0.4, 0.5) is 0 Å². The number of fused-ring (bicyclic) bond motifs is 1. The minimum Gasteiger partial charge on any atom is -0.361 e. The maximum absolute atomic E-state index is 12.2. The van der Waals surface area contributed by atoms with Crippen molar-refractivity contribution in [2.24, 2.45) is 0 Å². The van der Waals surface area contributed by atoms with E-state index in [0.29, 0.717) is 28.2 Å². The Hall–Kier alpha value is -1.73. The van der Waals surface area contributed by atoms with E-state index in [9.17, 15) is 4.79 Å². The standard InChI is InChI=1S/C11H9N3O2S2/c1-6-4-7(13-16-6)5-14-10(15)8-2-3-18-9(8)12-11(14)17/h2-4H,5H2,1H3,(H,12,17). The van der Waals surface area contributed by atoms with E-state index in [0.717, 1.165) is 4.83 Å². The van der Waals surface area contributed by atoms with E-state index in [1.165, 1.54) is 15.9 Å². The van der Waals surface area contributed by atoms with Crippen LogP contribution in [-0.2, 0) is 6.54 Å². The van der Waals surface area contributed by atoms with E-state index < -0.39 is 0 Å². The fraction of sp³-hybridized carbons (Fsp3) is 0.182. The summed E-state index contributed by atoms with van der Waals surface area (Å²) in [6.45, 7) is 2.12. The lowest BCUT2D eigenvalue weighted by atomic mass is 10.3. The van der Waals surface area contributed by atoms with Gasteiger partial charge in [0.05, 0.1) is 11.9 Å². The molecule has 0 atom stereocenters. The Kier molecular flexibility index (Phi) is 2.64. The SMILES string of the molecule is Cc1cc(Cn2c(=S)[nH]c3sccc3c2=O)no1. The molecule has 0 aliphatic rings. The van der Waals surface area contributed by atoms with Crippen molar-refractivity contribution in [3.63, 3.8) is 0 Å². The van der Waals surface area contributed by atoms with Gasteiger partial charge >= 0.3 is 0 Å². The number of nitrogens with one attached hydrogen (secondary N) is 1. The monoisotopic (exact) mass is 279 g/mol. The lowest BCUT2D eigenvalue weighted by molar-refractivity contribution is 0.388. The Morgan fingerprint density at radius 1 is 1.61 bits per heavy atom. The molecule has 0 saturated heterocycles. The Morgan fingerprint density at radius 2 is 2.44 bits per heavy atom. The highest BCUT2D eigenvalue weighted by molar-refractivity contribution is 7.71. The molecule has 0 aliphatic heterocycles. The molecule has 3 aromatic heterocycles. The third kappa shape index (κ3) is 1.81. The number of thiophene rings is 1. The first-order chi connectivity index (χ1) is 8.65. The molecule has 0 unspecified atom stereocenters. The van der Waals surface area contributed by atoms with E-state index >= 15 is 0 Å². The van der Waals surface area contributed by atoms with Crippen LogP contribution in [0.3, 0.4) is 0 Å². The number of aryl methyl sites for hydroxylation is 1. The first kappa shape index (κ1) is 11.4. The number of aromatic nitrogens is 3. The number of hydrogen-bond acceptors (Lipinski definition) is 5. The number of hydrogen-bond donors (Lipinski definition) is 1. The number of H-pyrrole nitrogens is 1. The van der Waals surface area contributed by atoms with Gasteiger partial charge in [0.2, 0.25) is 0 Å². The molecular weight excluding hydrogens is 270 g/mol. The van der Waals surface area contributed by atoms with E-state index in [2.05, 4.69) is 10.1 Å². The molecule has 7 heteroatoms. The molecule has 3 rings (SSSR count). The number of aromatic amines is 1. The zero-order chi connectivity index (χ0) is 12.7. The molecule has 1 N–H and O–H groups in total. The normalized spacial score (nSPS) is 11.2. The molecule has 0 aromatic carbocycles. The highest BCUT2D eigenvalue weighted by atomic mass is 32.1. The molecule has 92 valence electrons. The van der Waals surface area contributed by atoms with Crippen LogP contribution in [-0.4, -0.2) is 14.7 Å². The molecule has 0 saturated carbocycles. The van der Waals surface area contributed by atoms with E-state index in [-0.39, 0.29) is 5.56 Å². The fourth-order valence-electron chi connectivity index (χ4n) is 1.77. The van der Waals surface area contributed by atoms with Crippen molar-refractivity contribution in [1.82, 2.24) is 14.7 Å². The van der Waals surface area contributed by atoms with Gasteiger partial charge < -0.3 is 9.51 Å². The summed E-state index contributed by atoms with van der Waals surface area (Å²) in [5.74, 6) is 0.713. The smallest absolute Gasteiger partial charge is 0.263 e. The molecule has 3 aromatic rings. The van der Waals surface area contributed by atoms with Gasteiger partial charge in [-0.3, -0.25) is 9.36 Å². The molecule has 0 fully saturated rings. The average Bonchev–Trinajstić information content (AvgIpc) is 2.93. The minimum atomic E-state index is -0.101. The van der Waals surface area contributed by atoms with Crippen molar-refractivity contribution in [1.29, 1.82) is 0 Å². The van der Waals surface area contributed by atoms with E-state index in [1.807, 2.05) is 12.3 Å². The first-order valence-electron chi connectivity index (χ1n) is 5.27. The summed E-state index contributed by atoms with van der Waals surface area (Å²) in [4.78, 5) is 16.1. The molecule has 0 bridgehead atoms. The van der Waals surface area contributed by atoms with Crippen molar-refractivity contribution < 1.29 is 4.52 Å². The first-order valence-corrected chi connectivity index (χ1v) is 6.56. The van der Waals surface area contributed by atoms with Crippen molar-refractivity contribution in [2.75, 3.05) is 0 Å². The van der Waals surface area contributed by atoms with Crippen LogP contribution in [0.1, 0.15) is 11.5 Å². The number of rotatable bonds is 2. The predicted molar refractivity (Wildman–Crippen MR) is 71.6 cm³/mol. The van der Waals surface area contributed by atoms with Crippen molar-refractivity contribution >= 4 is 33.8 Å². The summed E-state index contributed by atoms with van der Waals surface area (Å²) in [7, 11) is 0. The fourth-order valence-corrected chi connectivity index (χ4v) is 2.87. The molecule has 18 heavy (non-hydrogen) atoms. The van der Waals surface area contributed by atoms with Gasteiger partial charge in [0.1, 0.15) is 16.3 Å². The predicted octanol–water partition coefficient (Wildman–Crippen LogP) is 2.47. The van der Waals surface area contributed by atoms with E-state index in [1.54, 1.807) is 12.1 Å². The van der Waals surface area contributed by atoms with Crippen LogP contribution in [0.15, 0.2) is 26.8 Å². The summed E-state index contributed by atoms with van der Waals surface area (Å²) >= 11 is 6.66. The summed E-state index contributed by atoms with van der Waals surface area (Å²) < 4.78 is 6.87. The van der Waals surface area contributed by atoms with Gasteiger partial charge in [0, 0.05) is 6.07 Å². The molecule has 3 heterocycles. The van der Waals surface area contributed by atoms with E-state index in [4.69, 9.17) is 16.7 Å². The molecule has 0 aliphatic carbocycles. The van der Waals surface area contributed by atoms with Crippen LogP contribution < -0.4 is 5.56 Å². The summed E-state index contributed by atoms with van der Waals surface area (Å²) in [6.07, 6.45) is 0. The lowest BCUT2D eigenvalue weighted by Gasteiger charge is -2.03.